The lowest BCUT2D eigenvalue weighted by molar-refractivity contribution is 0.182. The largest absolute Gasteiger partial charge is 0.394 e. The zero-order valence-electron chi connectivity index (χ0n) is 11.3. The van der Waals surface area contributed by atoms with Crippen molar-refractivity contribution in [3.05, 3.63) is 54.1 Å². The molecule has 4 nitrogen and oxygen atoms in total. The molecule has 0 saturated heterocycles. The molecule has 0 aliphatic carbocycles. The molecule has 0 aliphatic heterocycles. The number of aliphatic hydroxyl groups excluding tert-OH is 1. The van der Waals surface area contributed by atoms with Crippen molar-refractivity contribution >= 4 is 0 Å². The third-order valence-electron chi connectivity index (χ3n) is 3.55. The van der Waals surface area contributed by atoms with Crippen molar-refractivity contribution < 1.29 is 5.11 Å². The van der Waals surface area contributed by atoms with Gasteiger partial charge in [0.2, 0.25) is 0 Å². The van der Waals surface area contributed by atoms with Gasteiger partial charge in [-0.3, -0.25) is 0 Å². The molecule has 1 unspecified atom stereocenters. The maximum Gasteiger partial charge on any atom is 0.108 e. The van der Waals surface area contributed by atoms with Crippen molar-refractivity contribution in [2.75, 3.05) is 6.61 Å². The Labute approximate surface area is 113 Å². The molecular weight excluding hydrogens is 238 g/mol. The molecule has 0 aliphatic rings. The van der Waals surface area contributed by atoms with Gasteiger partial charge in [0.25, 0.3) is 0 Å². The normalized spacial score (nSPS) is 14.3. The highest BCUT2D eigenvalue weighted by Crippen LogP contribution is 2.22. The number of aromatic nitrogens is 2. The number of benzene rings is 1. The van der Waals surface area contributed by atoms with Gasteiger partial charge in [-0.15, -0.1) is 0 Å². The lowest BCUT2D eigenvalue weighted by Gasteiger charge is -2.28. The second-order valence-electron chi connectivity index (χ2n) is 4.82. The first-order valence-electron chi connectivity index (χ1n) is 6.65. The molecule has 2 aromatic rings. The van der Waals surface area contributed by atoms with Crippen LogP contribution in [0.1, 0.15) is 24.7 Å². The van der Waals surface area contributed by atoms with Crippen molar-refractivity contribution in [1.29, 1.82) is 0 Å². The topological polar surface area (TPSA) is 64.1 Å². The zero-order valence-corrected chi connectivity index (χ0v) is 11.3. The molecule has 1 aromatic heterocycles. The predicted octanol–water partition coefficient (Wildman–Crippen LogP) is 1.68. The van der Waals surface area contributed by atoms with Gasteiger partial charge < -0.3 is 15.4 Å². The summed E-state index contributed by atoms with van der Waals surface area (Å²) in [5, 5.41) is 9.64. The molecule has 0 saturated carbocycles. The fourth-order valence-electron chi connectivity index (χ4n) is 2.26. The van der Waals surface area contributed by atoms with Gasteiger partial charge in [0.15, 0.2) is 0 Å². The summed E-state index contributed by atoms with van der Waals surface area (Å²) >= 11 is 0. The Hall–Kier alpha value is -1.65. The average Bonchev–Trinajstić information content (AvgIpc) is 2.93. The van der Waals surface area contributed by atoms with Crippen LogP contribution in [0.25, 0.3) is 0 Å². The van der Waals surface area contributed by atoms with Crippen LogP contribution in [-0.4, -0.2) is 21.3 Å². The highest BCUT2D eigenvalue weighted by atomic mass is 16.3. The van der Waals surface area contributed by atoms with Crippen LogP contribution >= 0.6 is 0 Å². The van der Waals surface area contributed by atoms with E-state index in [1.54, 1.807) is 6.20 Å². The predicted molar refractivity (Wildman–Crippen MR) is 75.6 cm³/mol. The molecule has 1 atom stereocenters. The van der Waals surface area contributed by atoms with E-state index in [0.717, 1.165) is 24.4 Å². The van der Waals surface area contributed by atoms with Crippen molar-refractivity contribution in [2.45, 2.75) is 31.8 Å². The highest BCUT2D eigenvalue weighted by Gasteiger charge is 2.26. The second kappa shape index (κ2) is 5.99. The maximum absolute atomic E-state index is 9.64. The molecule has 3 N–H and O–H groups in total. The van der Waals surface area contributed by atoms with E-state index in [9.17, 15) is 5.11 Å². The first kappa shape index (κ1) is 13.8. The fourth-order valence-corrected chi connectivity index (χ4v) is 2.26. The molecule has 1 heterocycles. The van der Waals surface area contributed by atoms with E-state index in [-0.39, 0.29) is 6.61 Å². The Bertz CT molecular complexity index is 509. The van der Waals surface area contributed by atoms with Crippen molar-refractivity contribution in [1.82, 2.24) is 9.55 Å². The van der Waals surface area contributed by atoms with Crippen molar-refractivity contribution in [3.63, 3.8) is 0 Å². The summed E-state index contributed by atoms with van der Waals surface area (Å²) in [7, 11) is 0. The summed E-state index contributed by atoms with van der Waals surface area (Å²) in [6, 6.07) is 9.77. The Kier molecular flexibility index (Phi) is 4.35. The maximum atomic E-state index is 9.64. The molecular formula is C15H21N3O. The van der Waals surface area contributed by atoms with Crippen molar-refractivity contribution in [3.8, 4) is 0 Å². The van der Waals surface area contributed by atoms with Crippen LogP contribution in [0.3, 0.4) is 0 Å². The fraction of sp³-hybridized carbons (Fsp3) is 0.400. The minimum Gasteiger partial charge on any atom is -0.394 e. The number of hydrogen-bond acceptors (Lipinski definition) is 3. The Morgan fingerprint density at radius 3 is 2.68 bits per heavy atom. The molecule has 0 bridgehead atoms. The Morgan fingerprint density at radius 2 is 2.05 bits per heavy atom. The van der Waals surface area contributed by atoms with Gasteiger partial charge in [0.05, 0.1) is 12.1 Å². The van der Waals surface area contributed by atoms with Gasteiger partial charge in [0, 0.05) is 25.4 Å². The number of imidazole rings is 1. The minimum absolute atomic E-state index is 0.0623. The first-order chi connectivity index (χ1) is 9.19. The monoisotopic (exact) mass is 259 g/mol. The van der Waals surface area contributed by atoms with Gasteiger partial charge in [-0.25, -0.2) is 4.98 Å². The number of nitrogens with zero attached hydrogens (tertiary/aromatic N) is 2. The van der Waals surface area contributed by atoms with E-state index in [1.165, 1.54) is 0 Å². The van der Waals surface area contributed by atoms with E-state index in [0.29, 0.717) is 6.42 Å². The van der Waals surface area contributed by atoms with Gasteiger partial charge in [-0.05, 0) is 12.0 Å². The number of nitrogens with two attached hydrogens (primary N) is 1. The average molecular weight is 259 g/mol. The van der Waals surface area contributed by atoms with Crippen LogP contribution in [0.4, 0.5) is 0 Å². The highest BCUT2D eigenvalue weighted by molar-refractivity contribution is 5.24. The molecule has 4 heteroatoms. The number of aliphatic hydroxyl groups is 1. The van der Waals surface area contributed by atoms with Crippen LogP contribution in [0.5, 0.6) is 0 Å². The lowest BCUT2D eigenvalue weighted by Crippen LogP contribution is -2.41. The van der Waals surface area contributed by atoms with Gasteiger partial charge in [-0.1, -0.05) is 37.3 Å². The van der Waals surface area contributed by atoms with Crippen LogP contribution < -0.4 is 5.73 Å². The summed E-state index contributed by atoms with van der Waals surface area (Å²) in [5.41, 5.74) is 6.61. The summed E-state index contributed by atoms with van der Waals surface area (Å²) in [6.07, 6.45) is 5.34. The summed E-state index contributed by atoms with van der Waals surface area (Å²) in [5.74, 6) is 1.05. The molecule has 0 spiro atoms. The zero-order chi connectivity index (χ0) is 13.7. The quantitative estimate of drug-likeness (QED) is 0.829. The molecule has 0 fully saturated rings. The minimum atomic E-state index is -0.698. The van der Waals surface area contributed by atoms with Crippen LogP contribution in [0.2, 0.25) is 0 Å². The number of hydrogen-bond donors (Lipinski definition) is 2. The van der Waals surface area contributed by atoms with Crippen molar-refractivity contribution in [2.24, 2.45) is 5.73 Å². The first-order valence-corrected chi connectivity index (χ1v) is 6.65. The van der Waals surface area contributed by atoms with E-state index >= 15 is 0 Å². The molecule has 0 radical (unpaired) electrons. The third-order valence-corrected chi connectivity index (χ3v) is 3.55. The van der Waals surface area contributed by atoms with Gasteiger partial charge >= 0.3 is 0 Å². The third kappa shape index (κ3) is 3.03. The Morgan fingerprint density at radius 1 is 1.32 bits per heavy atom. The van der Waals surface area contributed by atoms with Crippen LogP contribution in [-0.2, 0) is 18.5 Å². The molecule has 102 valence electrons. The smallest absolute Gasteiger partial charge is 0.108 e. The van der Waals surface area contributed by atoms with Gasteiger partial charge in [0.1, 0.15) is 5.82 Å². The SMILES string of the molecule is CCc1nccn1CCC(N)(CO)c1ccccc1. The number of aryl methyl sites for hydroxylation is 2. The lowest BCUT2D eigenvalue weighted by atomic mass is 9.88. The van der Waals surface area contributed by atoms with Crippen LogP contribution in [0.15, 0.2) is 42.7 Å². The van der Waals surface area contributed by atoms with E-state index in [1.807, 2.05) is 36.5 Å². The summed E-state index contributed by atoms with van der Waals surface area (Å²) in [4.78, 5) is 4.29. The number of rotatable bonds is 6. The standard InChI is InChI=1S/C15H21N3O/c1-2-14-17-9-11-18(14)10-8-15(16,12-19)13-6-4-3-5-7-13/h3-7,9,11,19H,2,8,10,12,16H2,1H3. The summed E-state index contributed by atoms with van der Waals surface area (Å²) in [6.45, 7) is 2.78. The molecule has 0 amide bonds. The molecule has 2 rings (SSSR count). The second-order valence-corrected chi connectivity index (χ2v) is 4.82. The van der Waals surface area contributed by atoms with E-state index in [2.05, 4.69) is 16.5 Å². The van der Waals surface area contributed by atoms with E-state index < -0.39 is 5.54 Å². The van der Waals surface area contributed by atoms with Crippen LogP contribution in [0, 0.1) is 0 Å². The van der Waals surface area contributed by atoms with E-state index in [4.69, 9.17) is 5.73 Å². The molecule has 19 heavy (non-hydrogen) atoms. The van der Waals surface area contributed by atoms with Gasteiger partial charge in [-0.2, -0.15) is 0 Å². The molecule has 1 aromatic carbocycles. The Balaban J connectivity index is 2.11. The summed E-state index contributed by atoms with van der Waals surface area (Å²) < 4.78 is 2.10.